The lowest BCUT2D eigenvalue weighted by Gasteiger charge is -2.14. The van der Waals surface area contributed by atoms with E-state index in [1.807, 2.05) is 0 Å². The first-order valence-corrected chi connectivity index (χ1v) is 6.86. The summed E-state index contributed by atoms with van der Waals surface area (Å²) < 4.78 is 11.5. The Hall–Kier alpha value is -2.36. The number of aliphatic hydroxyl groups is 2. The van der Waals surface area contributed by atoms with Crippen molar-refractivity contribution in [3.63, 3.8) is 0 Å². The summed E-state index contributed by atoms with van der Waals surface area (Å²) in [5, 5.41) is 18.8. The molecule has 2 heterocycles. The van der Waals surface area contributed by atoms with E-state index in [0.29, 0.717) is 0 Å². The Kier molecular flexibility index (Phi) is 5.74. The number of ether oxygens (including phenoxy) is 2. The predicted molar refractivity (Wildman–Crippen MR) is 79.5 cm³/mol. The molecule has 1 aromatic heterocycles. The van der Waals surface area contributed by atoms with E-state index in [4.69, 9.17) is 21.0 Å². The van der Waals surface area contributed by atoms with Gasteiger partial charge in [0.2, 0.25) is 0 Å². The van der Waals surface area contributed by atoms with Gasteiger partial charge in [-0.15, -0.1) is 6.42 Å². The van der Waals surface area contributed by atoms with Gasteiger partial charge in [0.25, 0.3) is 5.56 Å². The zero-order valence-electron chi connectivity index (χ0n) is 12.2. The highest BCUT2D eigenvalue weighted by molar-refractivity contribution is 5.29. The van der Waals surface area contributed by atoms with Crippen LogP contribution in [0.3, 0.4) is 0 Å². The summed E-state index contributed by atoms with van der Waals surface area (Å²) in [5.74, 6) is 7.48. The van der Waals surface area contributed by atoms with E-state index in [-0.39, 0.29) is 31.8 Å². The second-order valence-corrected chi connectivity index (χ2v) is 4.82. The summed E-state index contributed by atoms with van der Waals surface area (Å²) in [6.07, 6.45) is 3.94. The van der Waals surface area contributed by atoms with Crippen LogP contribution in [-0.2, 0) is 9.47 Å². The molecule has 122 valence electrons. The lowest BCUT2D eigenvalue weighted by Crippen LogP contribution is -2.33. The van der Waals surface area contributed by atoms with Crippen molar-refractivity contribution >= 4 is 0 Å². The number of H-pyrrole nitrogens is 1. The van der Waals surface area contributed by atoms with E-state index in [0.717, 1.165) is 4.57 Å². The summed E-state index contributed by atoms with van der Waals surface area (Å²) in [4.78, 5) is 25.8. The van der Waals surface area contributed by atoms with Crippen LogP contribution in [0.25, 0.3) is 0 Å². The summed E-state index contributed by atoms with van der Waals surface area (Å²) in [5.41, 5.74) is -1.26. The van der Waals surface area contributed by atoms with Gasteiger partial charge < -0.3 is 19.7 Å². The number of nitrogens with one attached hydrogen (secondary N) is 1. The Morgan fingerprint density at radius 2 is 2.26 bits per heavy atom. The Morgan fingerprint density at radius 1 is 1.48 bits per heavy atom. The lowest BCUT2D eigenvalue weighted by molar-refractivity contribution is -0.0459. The first kappa shape index (κ1) is 17.0. The van der Waals surface area contributed by atoms with Crippen molar-refractivity contribution in [1.29, 1.82) is 0 Å². The van der Waals surface area contributed by atoms with Gasteiger partial charge in [0.1, 0.15) is 31.1 Å². The molecule has 3 atom stereocenters. The second-order valence-electron chi connectivity index (χ2n) is 4.82. The molecule has 0 aliphatic carbocycles. The Morgan fingerprint density at radius 3 is 2.91 bits per heavy atom. The molecule has 1 fully saturated rings. The molecule has 0 spiro atoms. The molecule has 0 aromatic carbocycles. The van der Waals surface area contributed by atoms with E-state index in [1.54, 1.807) is 0 Å². The number of terminal acetylenes is 1. The highest BCUT2D eigenvalue weighted by Gasteiger charge is 2.35. The highest BCUT2D eigenvalue weighted by Crippen LogP contribution is 2.27. The minimum absolute atomic E-state index is 0.0496. The third-order valence-electron chi connectivity index (χ3n) is 3.24. The molecule has 1 aliphatic heterocycles. The standard InChI is InChI=1S/C15H16N2O6/c1-2-5-22-6-3-4-10-8-17(15(21)16-14(10)20)13-7-11(19)12(9-18)23-13/h1,8,11-13,18-19H,5-7,9H2,(H,16,20,21)/t11-,12+,13+/m0/s1. The summed E-state index contributed by atoms with van der Waals surface area (Å²) >= 11 is 0. The Balaban J connectivity index is 2.22. The zero-order chi connectivity index (χ0) is 16.8. The quantitative estimate of drug-likeness (QED) is 0.445. The van der Waals surface area contributed by atoms with Crippen LogP contribution < -0.4 is 11.2 Å². The molecular weight excluding hydrogens is 304 g/mol. The van der Waals surface area contributed by atoms with E-state index in [9.17, 15) is 14.7 Å². The van der Waals surface area contributed by atoms with Gasteiger partial charge in [-0.3, -0.25) is 14.3 Å². The molecule has 2 rings (SSSR count). The van der Waals surface area contributed by atoms with Crippen LogP contribution in [0.15, 0.2) is 15.8 Å². The van der Waals surface area contributed by atoms with Crippen LogP contribution in [0, 0.1) is 24.2 Å². The first-order valence-electron chi connectivity index (χ1n) is 6.86. The van der Waals surface area contributed by atoms with Crippen molar-refractivity contribution in [2.24, 2.45) is 0 Å². The monoisotopic (exact) mass is 320 g/mol. The van der Waals surface area contributed by atoms with Crippen molar-refractivity contribution in [3.8, 4) is 24.2 Å². The zero-order valence-corrected chi connectivity index (χ0v) is 12.2. The topological polar surface area (TPSA) is 114 Å². The third kappa shape index (κ3) is 4.09. The molecule has 0 saturated carbocycles. The molecule has 0 bridgehead atoms. The molecule has 23 heavy (non-hydrogen) atoms. The van der Waals surface area contributed by atoms with Gasteiger partial charge in [0.15, 0.2) is 0 Å². The predicted octanol–water partition coefficient (Wildman–Crippen LogP) is -1.82. The minimum atomic E-state index is -0.893. The summed E-state index contributed by atoms with van der Waals surface area (Å²) in [6.45, 7) is -0.205. The maximum atomic E-state index is 11.9. The van der Waals surface area contributed by atoms with Crippen molar-refractivity contribution in [3.05, 3.63) is 32.6 Å². The van der Waals surface area contributed by atoms with Gasteiger partial charge in [-0.1, -0.05) is 17.8 Å². The van der Waals surface area contributed by atoms with E-state index in [2.05, 4.69) is 22.7 Å². The number of rotatable bonds is 4. The molecule has 8 heteroatoms. The van der Waals surface area contributed by atoms with Gasteiger partial charge in [-0.05, 0) is 0 Å². The lowest BCUT2D eigenvalue weighted by atomic mass is 10.2. The molecule has 8 nitrogen and oxygen atoms in total. The van der Waals surface area contributed by atoms with Crippen LogP contribution in [-0.4, -0.2) is 51.8 Å². The fraction of sp³-hybridized carbons (Fsp3) is 0.467. The molecule has 1 aliphatic rings. The summed E-state index contributed by atoms with van der Waals surface area (Å²) in [6, 6.07) is 0. The maximum absolute atomic E-state index is 11.9. The molecule has 1 aromatic rings. The Bertz CT molecular complexity index is 763. The second kappa shape index (κ2) is 7.77. The largest absolute Gasteiger partial charge is 0.394 e. The number of nitrogens with zero attached hydrogens (tertiary/aromatic N) is 1. The molecule has 0 unspecified atom stereocenters. The van der Waals surface area contributed by atoms with E-state index in [1.165, 1.54) is 6.20 Å². The van der Waals surface area contributed by atoms with Crippen LogP contribution in [0.4, 0.5) is 0 Å². The smallest absolute Gasteiger partial charge is 0.330 e. The molecule has 1 saturated heterocycles. The fourth-order valence-electron chi connectivity index (χ4n) is 2.13. The number of hydrogen-bond acceptors (Lipinski definition) is 6. The van der Waals surface area contributed by atoms with Crippen molar-refractivity contribution in [2.45, 2.75) is 24.9 Å². The van der Waals surface area contributed by atoms with Gasteiger partial charge in [0, 0.05) is 12.6 Å². The maximum Gasteiger partial charge on any atom is 0.330 e. The first-order chi connectivity index (χ1) is 11.1. The van der Waals surface area contributed by atoms with Gasteiger partial charge in [0.05, 0.1) is 12.7 Å². The molecular formula is C15H16N2O6. The number of aliphatic hydroxyl groups excluding tert-OH is 2. The van der Waals surface area contributed by atoms with Gasteiger partial charge in [-0.25, -0.2) is 4.79 Å². The average Bonchev–Trinajstić information content (AvgIpc) is 2.89. The summed E-state index contributed by atoms with van der Waals surface area (Å²) in [7, 11) is 0. The number of aromatic amines is 1. The molecule has 0 radical (unpaired) electrons. The van der Waals surface area contributed by atoms with Crippen molar-refractivity contribution in [2.75, 3.05) is 19.8 Å². The number of hydrogen-bond donors (Lipinski definition) is 3. The highest BCUT2D eigenvalue weighted by atomic mass is 16.5. The van der Waals surface area contributed by atoms with E-state index >= 15 is 0 Å². The SMILES string of the molecule is C#CCOCC#Cc1cn([C@H]2C[C@H](O)[C@@H](CO)O2)c(=O)[nH]c1=O. The van der Waals surface area contributed by atoms with Gasteiger partial charge in [-0.2, -0.15) is 0 Å². The average molecular weight is 320 g/mol. The van der Waals surface area contributed by atoms with Crippen molar-refractivity contribution in [1.82, 2.24) is 9.55 Å². The van der Waals surface area contributed by atoms with E-state index < -0.39 is 29.7 Å². The van der Waals surface area contributed by atoms with Gasteiger partial charge >= 0.3 is 5.69 Å². The van der Waals surface area contributed by atoms with Crippen LogP contribution >= 0.6 is 0 Å². The molecule has 0 amide bonds. The third-order valence-corrected chi connectivity index (χ3v) is 3.24. The number of aromatic nitrogens is 2. The van der Waals surface area contributed by atoms with Crippen LogP contribution in [0.2, 0.25) is 0 Å². The van der Waals surface area contributed by atoms with Crippen molar-refractivity contribution < 1.29 is 19.7 Å². The normalized spacial score (nSPS) is 23.1. The van der Waals surface area contributed by atoms with Crippen LogP contribution in [0.5, 0.6) is 0 Å². The van der Waals surface area contributed by atoms with Crippen LogP contribution in [0.1, 0.15) is 18.2 Å². The minimum Gasteiger partial charge on any atom is -0.394 e. The molecule has 3 N–H and O–H groups in total. The fourth-order valence-corrected chi connectivity index (χ4v) is 2.13. The Labute approximate surface area is 131 Å².